The van der Waals surface area contributed by atoms with Crippen LogP contribution in [-0.2, 0) is 14.4 Å². The van der Waals surface area contributed by atoms with E-state index in [4.69, 9.17) is 5.11 Å². The minimum Gasteiger partial charge on any atom is -0.481 e. The summed E-state index contributed by atoms with van der Waals surface area (Å²) in [6.07, 6.45) is 1.56. The minimum absolute atomic E-state index is 0.148. The maximum Gasteiger partial charge on any atom is 0.305 e. The summed E-state index contributed by atoms with van der Waals surface area (Å²) < 4.78 is 0. The van der Waals surface area contributed by atoms with Gasteiger partial charge in [-0.05, 0) is 6.26 Å². The maximum absolute atomic E-state index is 12.2. The number of carboxylic acid groups (broad SMARTS) is 1. The van der Waals surface area contributed by atoms with Crippen LogP contribution in [0.2, 0.25) is 0 Å². The third-order valence-corrected chi connectivity index (χ3v) is 3.65. The molecule has 0 saturated carbocycles. The van der Waals surface area contributed by atoms with Gasteiger partial charge in [-0.25, -0.2) is 0 Å². The third-order valence-electron chi connectivity index (χ3n) is 2.82. The molecule has 0 spiro atoms. The molecule has 1 aliphatic rings. The zero-order valence-electron chi connectivity index (χ0n) is 10.5. The van der Waals surface area contributed by atoms with Crippen molar-refractivity contribution in [3.63, 3.8) is 0 Å². The summed E-state index contributed by atoms with van der Waals surface area (Å²) in [6.45, 7) is 2.55. The molecule has 0 radical (unpaired) electrons. The molecule has 2 atom stereocenters. The van der Waals surface area contributed by atoms with E-state index in [1.54, 1.807) is 18.7 Å². The molecule has 2 amide bonds. The summed E-state index contributed by atoms with van der Waals surface area (Å²) in [4.78, 5) is 36.0. The van der Waals surface area contributed by atoms with Crippen LogP contribution in [-0.4, -0.2) is 58.9 Å². The molecule has 2 unspecified atom stereocenters. The van der Waals surface area contributed by atoms with Gasteiger partial charge in [0, 0.05) is 24.8 Å². The first-order valence-electron chi connectivity index (χ1n) is 5.76. The Morgan fingerprint density at radius 2 is 2.28 bits per heavy atom. The molecule has 1 fully saturated rings. The molecule has 0 aromatic rings. The number of nitrogens with zero attached hydrogens (tertiary/aromatic N) is 1. The first kappa shape index (κ1) is 14.8. The third kappa shape index (κ3) is 3.63. The molecule has 102 valence electrons. The maximum atomic E-state index is 12.2. The number of carbonyl (C=O) groups excluding carboxylic acids is 2. The molecule has 0 aliphatic carbocycles. The Morgan fingerprint density at radius 1 is 1.61 bits per heavy atom. The standard InChI is InChI=1S/C11H18N2O4S/c1-7(6-18-2)11(17)13-4-3-12-10(16)8(13)5-9(14)15/h7-8H,3-6H2,1-2H3,(H,12,16)(H,14,15). The molecule has 18 heavy (non-hydrogen) atoms. The van der Waals surface area contributed by atoms with E-state index in [0.717, 1.165) is 0 Å². The molecule has 7 heteroatoms. The molecule has 6 nitrogen and oxygen atoms in total. The summed E-state index contributed by atoms with van der Waals surface area (Å²) in [5.41, 5.74) is 0. The highest BCUT2D eigenvalue weighted by Gasteiger charge is 2.36. The molecular weight excluding hydrogens is 256 g/mol. The molecule has 1 saturated heterocycles. The van der Waals surface area contributed by atoms with Gasteiger partial charge in [-0.15, -0.1) is 0 Å². The van der Waals surface area contributed by atoms with Gasteiger partial charge in [0.1, 0.15) is 6.04 Å². The van der Waals surface area contributed by atoms with Gasteiger partial charge < -0.3 is 15.3 Å². The van der Waals surface area contributed by atoms with Gasteiger partial charge >= 0.3 is 5.97 Å². The number of rotatable bonds is 5. The highest BCUT2D eigenvalue weighted by molar-refractivity contribution is 7.98. The van der Waals surface area contributed by atoms with E-state index in [9.17, 15) is 14.4 Å². The number of hydrogen-bond acceptors (Lipinski definition) is 4. The Balaban J connectivity index is 2.78. The predicted molar refractivity (Wildman–Crippen MR) is 68.3 cm³/mol. The van der Waals surface area contributed by atoms with Crippen LogP contribution in [0.15, 0.2) is 0 Å². The number of carboxylic acids is 1. The molecule has 0 bridgehead atoms. The van der Waals surface area contributed by atoms with Crippen molar-refractivity contribution in [2.75, 3.05) is 25.1 Å². The average Bonchev–Trinajstić information content (AvgIpc) is 2.30. The van der Waals surface area contributed by atoms with Crippen LogP contribution in [0.1, 0.15) is 13.3 Å². The fourth-order valence-corrected chi connectivity index (χ4v) is 2.59. The van der Waals surface area contributed by atoms with Crippen molar-refractivity contribution in [2.45, 2.75) is 19.4 Å². The second-order valence-corrected chi connectivity index (χ2v) is 5.20. The smallest absolute Gasteiger partial charge is 0.305 e. The highest BCUT2D eigenvalue weighted by atomic mass is 32.2. The first-order valence-corrected chi connectivity index (χ1v) is 7.15. The van der Waals surface area contributed by atoms with Gasteiger partial charge in [0.05, 0.1) is 6.42 Å². The number of carbonyl (C=O) groups is 3. The fourth-order valence-electron chi connectivity index (χ4n) is 1.95. The van der Waals surface area contributed by atoms with Gasteiger partial charge in [0.25, 0.3) is 0 Å². The van der Waals surface area contributed by atoms with E-state index in [0.29, 0.717) is 18.8 Å². The van der Waals surface area contributed by atoms with Gasteiger partial charge in [-0.2, -0.15) is 11.8 Å². The lowest BCUT2D eigenvalue weighted by Gasteiger charge is -2.35. The topological polar surface area (TPSA) is 86.7 Å². The van der Waals surface area contributed by atoms with Crippen molar-refractivity contribution in [3.05, 3.63) is 0 Å². The average molecular weight is 274 g/mol. The van der Waals surface area contributed by atoms with Gasteiger partial charge in [0.2, 0.25) is 11.8 Å². The number of aliphatic carboxylic acids is 1. The zero-order chi connectivity index (χ0) is 13.7. The zero-order valence-corrected chi connectivity index (χ0v) is 11.3. The summed E-state index contributed by atoms with van der Waals surface area (Å²) >= 11 is 1.55. The Hall–Kier alpha value is -1.24. The van der Waals surface area contributed by atoms with Crippen LogP contribution in [0, 0.1) is 5.92 Å². The van der Waals surface area contributed by atoms with E-state index >= 15 is 0 Å². The van der Waals surface area contributed by atoms with E-state index in [-0.39, 0.29) is 24.2 Å². The van der Waals surface area contributed by atoms with Crippen LogP contribution >= 0.6 is 11.8 Å². The van der Waals surface area contributed by atoms with E-state index < -0.39 is 12.0 Å². The number of amides is 2. The Morgan fingerprint density at radius 3 is 2.83 bits per heavy atom. The molecule has 2 N–H and O–H groups in total. The number of thioether (sulfide) groups is 1. The van der Waals surface area contributed by atoms with Crippen molar-refractivity contribution < 1.29 is 19.5 Å². The summed E-state index contributed by atoms with van der Waals surface area (Å²) in [6, 6.07) is -0.881. The van der Waals surface area contributed by atoms with Crippen molar-refractivity contribution in [2.24, 2.45) is 5.92 Å². The fraction of sp³-hybridized carbons (Fsp3) is 0.727. The highest BCUT2D eigenvalue weighted by Crippen LogP contribution is 2.15. The quantitative estimate of drug-likeness (QED) is 0.724. The number of nitrogens with one attached hydrogen (secondary N) is 1. The summed E-state index contributed by atoms with van der Waals surface area (Å²) in [5.74, 6) is -1.15. The van der Waals surface area contributed by atoms with Crippen molar-refractivity contribution in [1.82, 2.24) is 10.2 Å². The molecule has 1 aliphatic heterocycles. The van der Waals surface area contributed by atoms with Crippen LogP contribution in [0.25, 0.3) is 0 Å². The Labute approximate surface area is 110 Å². The Bertz CT molecular complexity index is 348. The van der Waals surface area contributed by atoms with Crippen LogP contribution < -0.4 is 5.32 Å². The number of piperazine rings is 1. The van der Waals surface area contributed by atoms with Crippen molar-refractivity contribution >= 4 is 29.5 Å². The largest absolute Gasteiger partial charge is 0.481 e. The monoisotopic (exact) mass is 274 g/mol. The van der Waals surface area contributed by atoms with E-state index in [2.05, 4.69) is 5.32 Å². The summed E-state index contributed by atoms with van der Waals surface area (Å²) in [7, 11) is 0. The van der Waals surface area contributed by atoms with E-state index in [1.807, 2.05) is 6.26 Å². The SMILES string of the molecule is CSCC(C)C(=O)N1CCNC(=O)C1CC(=O)O. The van der Waals surface area contributed by atoms with Crippen molar-refractivity contribution in [3.8, 4) is 0 Å². The van der Waals surface area contributed by atoms with Crippen LogP contribution in [0.4, 0.5) is 0 Å². The van der Waals surface area contributed by atoms with Gasteiger partial charge in [-0.1, -0.05) is 6.92 Å². The van der Waals surface area contributed by atoms with Gasteiger partial charge in [0.15, 0.2) is 0 Å². The lowest BCUT2D eigenvalue weighted by Crippen LogP contribution is -2.58. The van der Waals surface area contributed by atoms with Crippen LogP contribution in [0.3, 0.4) is 0 Å². The minimum atomic E-state index is -1.08. The summed E-state index contributed by atoms with van der Waals surface area (Å²) in [5, 5.41) is 11.4. The normalized spacial score (nSPS) is 21.3. The van der Waals surface area contributed by atoms with E-state index in [1.165, 1.54) is 4.90 Å². The second-order valence-electron chi connectivity index (χ2n) is 4.29. The molecule has 0 aromatic carbocycles. The second kappa shape index (κ2) is 6.63. The molecule has 1 rings (SSSR count). The van der Waals surface area contributed by atoms with Gasteiger partial charge in [-0.3, -0.25) is 14.4 Å². The van der Waals surface area contributed by atoms with Crippen molar-refractivity contribution in [1.29, 1.82) is 0 Å². The number of hydrogen-bond donors (Lipinski definition) is 2. The lowest BCUT2D eigenvalue weighted by atomic mass is 10.1. The molecule has 0 aromatic heterocycles. The lowest BCUT2D eigenvalue weighted by molar-refractivity contribution is -0.150. The van der Waals surface area contributed by atoms with Crippen LogP contribution in [0.5, 0.6) is 0 Å². The molecular formula is C11H18N2O4S. The predicted octanol–water partition coefficient (Wildman–Crippen LogP) is -0.213. The Kier molecular flexibility index (Phi) is 5.46. The molecule has 1 heterocycles. The first-order chi connectivity index (χ1) is 8.47.